The van der Waals surface area contributed by atoms with Crippen molar-refractivity contribution in [1.29, 1.82) is 0 Å². The van der Waals surface area contributed by atoms with Gasteiger partial charge in [0, 0.05) is 0 Å². The molecule has 4 rings (SSSR count). The van der Waals surface area contributed by atoms with Gasteiger partial charge in [0.2, 0.25) is 0 Å². The Morgan fingerprint density at radius 2 is 1.10 bits per heavy atom. The molecule has 0 aliphatic rings. The fourth-order valence-corrected chi connectivity index (χ4v) is 5.36. The third-order valence-corrected chi connectivity index (χ3v) is 6.94. The van der Waals surface area contributed by atoms with Gasteiger partial charge in [0.1, 0.15) is 0 Å². The van der Waals surface area contributed by atoms with Gasteiger partial charge in [0.25, 0.3) is 0 Å². The van der Waals surface area contributed by atoms with Crippen LogP contribution in [0, 0.1) is 13.8 Å². The first-order valence-electron chi connectivity index (χ1n) is 7.06. The Kier molecular flexibility index (Phi) is 2.91. The molecule has 2 aromatic heterocycles. The van der Waals surface area contributed by atoms with Crippen molar-refractivity contribution < 1.29 is 0 Å². The zero-order chi connectivity index (χ0) is 14.4. The number of rotatable bonds is 2. The van der Waals surface area contributed by atoms with Crippen molar-refractivity contribution in [3.8, 4) is 0 Å². The van der Waals surface area contributed by atoms with Crippen LogP contribution in [0.25, 0.3) is 21.8 Å². The molecule has 0 bridgehead atoms. The molecule has 0 radical (unpaired) electrons. The van der Waals surface area contributed by atoms with E-state index in [1.807, 2.05) is 0 Å². The van der Waals surface area contributed by atoms with Gasteiger partial charge in [-0.25, -0.2) is 0 Å². The van der Waals surface area contributed by atoms with Crippen LogP contribution in [0.5, 0.6) is 0 Å². The summed E-state index contributed by atoms with van der Waals surface area (Å²) in [5, 5.41) is 2.72. The van der Waals surface area contributed by atoms with Crippen LogP contribution in [0.1, 0.15) is 11.4 Å². The van der Waals surface area contributed by atoms with Crippen LogP contribution in [-0.2, 0) is 0 Å². The van der Waals surface area contributed by atoms with Crippen LogP contribution < -0.4 is 8.92 Å². The van der Waals surface area contributed by atoms with Crippen molar-refractivity contribution in [3.05, 3.63) is 59.9 Å². The van der Waals surface area contributed by atoms with Gasteiger partial charge in [-0.1, -0.05) is 0 Å². The van der Waals surface area contributed by atoms with Crippen LogP contribution in [0.2, 0.25) is 0 Å². The molecule has 0 unspecified atom stereocenters. The zero-order valence-corrected chi connectivity index (χ0v) is 13.7. The molecule has 2 nitrogen and oxygen atoms in total. The summed E-state index contributed by atoms with van der Waals surface area (Å²) in [6, 6.07) is 17.2. The summed E-state index contributed by atoms with van der Waals surface area (Å²) in [5.74, 6) is 0. The monoisotopic (exact) mass is 340 g/mol. The summed E-state index contributed by atoms with van der Waals surface area (Å²) in [6.45, 7) is 4.36. The summed E-state index contributed by atoms with van der Waals surface area (Å²) in [5.41, 5.74) is 5.07. The van der Waals surface area contributed by atoms with Crippen LogP contribution in [0.15, 0.2) is 48.5 Å². The summed E-state index contributed by atoms with van der Waals surface area (Å²) in [7, 11) is 0. The number of aryl methyl sites for hydroxylation is 2. The molecule has 104 valence electrons. The van der Waals surface area contributed by atoms with Gasteiger partial charge in [-0.15, -0.1) is 0 Å². The number of nitrogens with one attached hydrogen (secondary N) is 2. The van der Waals surface area contributed by atoms with Crippen LogP contribution in [0.4, 0.5) is 0 Å². The van der Waals surface area contributed by atoms with Crippen molar-refractivity contribution >= 4 is 45.7 Å². The topological polar surface area (TPSA) is 31.6 Å². The summed E-state index contributed by atoms with van der Waals surface area (Å²) < 4.78 is 2.93. The second-order valence-electron chi connectivity index (χ2n) is 5.35. The van der Waals surface area contributed by atoms with Gasteiger partial charge in [-0.3, -0.25) is 0 Å². The van der Waals surface area contributed by atoms with E-state index in [9.17, 15) is 0 Å². The first kappa shape index (κ1) is 12.8. The van der Waals surface area contributed by atoms with Gasteiger partial charge < -0.3 is 0 Å². The Morgan fingerprint density at radius 1 is 0.667 bits per heavy atom. The first-order chi connectivity index (χ1) is 10.2. The van der Waals surface area contributed by atoms with E-state index in [0.29, 0.717) is 15.0 Å². The molecule has 0 aliphatic carbocycles. The molecule has 2 heterocycles. The quantitative estimate of drug-likeness (QED) is 0.527. The van der Waals surface area contributed by atoms with E-state index >= 15 is 0 Å². The minimum absolute atomic E-state index is 0.299. The van der Waals surface area contributed by atoms with Crippen molar-refractivity contribution in [2.45, 2.75) is 13.8 Å². The number of fused-ring (bicyclic) bond motifs is 2. The van der Waals surface area contributed by atoms with Crippen molar-refractivity contribution in [2.24, 2.45) is 0 Å². The normalized spacial score (nSPS) is 11.5. The van der Waals surface area contributed by atoms with Crippen molar-refractivity contribution in [3.63, 3.8) is 0 Å². The molecule has 0 aliphatic heterocycles. The van der Waals surface area contributed by atoms with Crippen molar-refractivity contribution in [1.82, 2.24) is 9.97 Å². The van der Waals surface area contributed by atoms with Gasteiger partial charge >= 0.3 is 129 Å². The van der Waals surface area contributed by atoms with E-state index in [-0.39, 0.29) is 0 Å². The molecular weight excluding hydrogens is 323 g/mol. The molecule has 0 spiro atoms. The predicted molar refractivity (Wildman–Crippen MR) is 91.1 cm³/mol. The third-order valence-electron chi connectivity index (χ3n) is 3.87. The van der Waals surface area contributed by atoms with E-state index in [4.69, 9.17) is 0 Å². The van der Waals surface area contributed by atoms with Crippen LogP contribution in [0.3, 0.4) is 0 Å². The molecule has 4 aromatic rings. The fraction of sp³-hybridized carbons (Fsp3) is 0.111. The number of H-pyrrole nitrogens is 2. The summed E-state index contributed by atoms with van der Waals surface area (Å²) in [4.78, 5) is 7.02. The van der Waals surface area contributed by atoms with Crippen LogP contribution >= 0.6 is 0 Å². The third kappa shape index (κ3) is 2.01. The van der Waals surface area contributed by atoms with Crippen LogP contribution in [-0.4, -0.2) is 24.9 Å². The molecule has 0 saturated carbocycles. The Balaban J connectivity index is 1.91. The van der Waals surface area contributed by atoms with Gasteiger partial charge in [0.15, 0.2) is 0 Å². The Hall–Kier alpha value is -1.96. The number of para-hydroxylation sites is 2. The standard InChI is InChI=1S/C18H16N2Se/c1-11-17(13-7-3-5-9-15(13)19-11)21-18-12(2)20-16-10-6-4-8-14(16)18/h3-10,19-20H,1-2H3. The maximum absolute atomic E-state index is 3.51. The number of aromatic nitrogens is 2. The molecule has 3 heteroatoms. The van der Waals surface area contributed by atoms with E-state index in [1.54, 1.807) is 0 Å². The molecule has 0 saturated heterocycles. The molecule has 0 atom stereocenters. The molecule has 21 heavy (non-hydrogen) atoms. The van der Waals surface area contributed by atoms with E-state index in [2.05, 4.69) is 72.3 Å². The molecule has 0 fully saturated rings. The second kappa shape index (κ2) is 4.80. The van der Waals surface area contributed by atoms with Gasteiger partial charge in [-0.05, 0) is 0 Å². The minimum atomic E-state index is 0.299. The number of hydrogen-bond acceptors (Lipinski definition) is 0. The number of aromatic amines is 2. The number of hydrogen-bond donors (Lipinski definition) is 2. The Labute approximate surface area is 129 Å². The SMILES string of the molecule is Cc1[nH]c2ccccc2c1[Se]c1c(C)[nH]c2ccccc12. The average molecular weight is 339 g/mol. The van der Waals surface area contributed by atoms with E-state index in [1.165, 1.54) is 42.1 Å². The zero-order valence-electron chi connectivity index (χ0n) is 12.0. The predicted octanol–water partition coefficient (Wildman–Crippen LogP) is 2.92. The first-order valence-corrected chi connectivity index (χ1v) is 8.78. The van der Waals surface area contributed by atoms with E-state index < -0.39 is 0 Å². The molecule has 2 N–H and O–H groups in total. The summed E-state index contributed by atoms with van der Waals surface area (Å²) in [6.07, 6.45) is 0. The Bertz CT molecular complexity index is 868. The second-order valence-corrected chi connectivity index (χ2v) is 7.49. The van der Waals surface area contributed by atoms with Gasteiger partial charge in [0.05, 0.1) is 0 Å². The summed E-state index contributed by atoms with van der Waals surface area (Å²) >= 11 is 0.299. The Morgan fingerprint density at radius 3 is 1.57 bits per heavy atom. The molecular formula is C18H16N2Se. The fourth-order valence-electron chi connectivity index (χ4n) is 2.87. The molecule has 0 amide bonds. The number of benzene rings is 2. The molecule has 2 aromatic carbocycles. The maximum atomic E-state index is 3.51. The van der Waals surface area contributed by atoms with E-state index in [0.717, 1.165) is 0 Å². The van der Waals surface area contributed by atoms with Crippen molar-refractivity contribution in [2.75, 3.05) is 0 Å². The van der Waals surface area contributed by atoms with Gasteiger partial charge in [-0.2, -0.15) is 0 Å². The average Bonchev–Trinajstić information content (AvgIpc) is 2.97.